The van der Waals surface area contributed by atoms with E-state index in [4.69, 9.17) is 16.3 Å². The van der Waals surface area contributed by atoms with Crippen LogP contribution in [-0.2, 0) is 11.3 Å². The first kappa shape index (κ1) is 14.4. The van der Waals surface area contributed by atoms with E-state index in [1.807, 2.05) is 25.3 Å². The minimum Gasteiger partial charge on any atom is -0.375 e. The maximum atomic E-state index is 5.97. The molecule has 2 rings (SSSR count). The number of halogens is 1. The van der Waals surface area contributed by atoms with E-state index >= 15 is 0 Å². The van der Waals surface area contributed by atoms with E-state index in [-0.39, 0.29) is 5.60 Å². The molecule has 0 spiro atoms. The van der Waals surface area contributed by atoms with E-state index < -0.39 is 0 Å². The van der Waals surface area contributed by atoms with Gasteiger partial charge in [0.15, 0.2) is 0 Å². The molecule has 0 unspecified atom stereocenters. The van der Waals surface area contributed by atoms with Crippen molar-refractivity contribution < 1.29 is 4.74 Å². The van der Waals surface area contributed by atoms with Gasteiger partial charge in [0.05, 0.1) is 5.60 Å². The van der Waals surface area contributed by atoms with E-state index in [1.54, 1.807) is 0 Å². The van der Waals surface area contributed by atoms with Gasteiger partial charge in [-0.2, -0.15) is 0 Å². The summed E-state index contributed by atoms with van der Waals surface area (Å²) in [4.78, 5) is 3.25. The van der Waals surface area contributed by atoms with Crippen LogP contribution in [0.4, 0.5) is 0 Å². The van der Waals surface area contributed by atoms with Gasteiger partial charge in [0.1, 0.15) is 0 Å². The Hall–Kier alpha value is -1.03. The van der Waals surface area contributed by atoms with Crippen molar-refractivity contribution in [3.63, 3.8) is 0 Å². The van der Waals surface area contributed by atoms with Gasteiger partial charge in [-0.1, -0.05) is 17.7 Å². The molecule has 0 amide bonds. The Labute approximate surface area is 119 Å². The summed E-state index contributed by atoms with van der Waals surface area (Å²) in [6.07, 6.45) is 2.03. The SMILES string of the molecule is CCOC(C)(C)CNCc1c[nH]c2cc(Cl)ccc12. The van der Waals surface area contributed by atoms with Gasteiger partial charge in [0.25, 0.3) is 0 Å². The molecule has 2 aromatic rings. The number of rotatable bonds is 6. The van der Waals surface area contributed by atoms with Crippen LogP contribution in [0, 0.1) is 0 Å². The molecule has 0 bridgehead atoms. The Kier molecular flexibility index (Phi) is 4.50. The minimum atomic E-state index is -0.135. The molecule has 1 heterocycles. The second-order valence-corrected chi connectivity index (χ2v) is 5.74. The van der Waals surface area contributed by atoms with Crippen LogP contribution in [0.25, 0.3) is 10.9 Å². The second kappa shape index (κ2) is 5.95. The Balaban J connectivity index is 1.99. The highest BCUT2D eigenvalue weighted by Gasteiger charge is 2.16. The molecule has 2 N–H and O–H groups in total. The number of H-pyrrole nitrogens is 1. The zero-order valence-corrected chi connectivity index (χ0v) is 12.5. The van der Waals surface area contributed by atoms with E-state index in [0.29, 0.717) is 0 Å². The Bertz CT molecular complexity index is 548. The number of aromatic nitrogens is 1. The van der Waals surface area contributed by atoms with Crippen LogP contribution in [-0.4, -0.2) is 23.7 Å². The number of benzene rings is 1. The number of hydrogen-bond acceptors (Lipinski definition) is 2. The van der Waals surface area contributed by atoms with Gasteiger partial charge in [-0.3, -0.25) is 0 Å². The molecule has 4 heteroatoms. The molecule has 1 aromatic heterocycles. The van der Waals surface area contributed by atoms with Crippen molar-refractivity contribution in [3.05, 3.63) is 35.0 Å². The summed E-state index contributed by atoms with van der Waals surface area (Å²) in [5, 5.41) is 5.41. The summed E-state index contributed by atoms with van der Waals surface area (Å²) in [6, 6.07) is 5.93. The first-order valence-corrected chi connectivity index (χ1v) is 7.00. The lowest BCUT2D eigenvalue weighted by molar-refractivity contribution is -0.00896. The third-order valence-electron chi connectivity index (χ3n) is 3.13. The quantitative estimate of drug-likeness (QED) is 0.846. The van der Waals surface area contributed by atoms with Gasteiger partial charge < -0.3 is 15.0 Å². The maximum Gasteiger partial charge on any atom is 0.0750 e. The molecule has 0 aliphatic rings. The highest BCUT2D eigenvalue weighted by molar-refractivity contribution is 6.31. The Morgan fingerprint density at radius 1 is 1.37 bits per heavy atom. The van der Waals surface area contributed by atoms with Crippen LogP contribution in [0.2, 0.25) is 5.02 Å². The second-order valence-electron chi connectivity index (χ2n) is 5.30. The average Bonchev–Trinajstić information content (AvgIpc) is 2.71. The highest BCUT2D eigenvalue weighted by Crippen LogP contribution is 2.22. The van der Waals surface area contributed by atoms with Crippen molar-refractivity contribution in [1.82, 2.24) is 10.3 Å². The van der Waals surface area contributed by atoms with Gasteiger partial charge in [0, 0.05) is 41.8 Å². The van der Waals surface area contributed by atoms with E-state index in [0.717, 1.165) is 30.2 Å². The molecule has 1 aromatic carbocycles. The maximum absolute atomic E-state index is 5.97. The van der Waals surface area contributed by atoms with Gasteiger partial charge in [-0.25, -0.2) is 0 Å². The molecule has 0 aliphatic heterocycles. The predicted molar refractivity (Wildman–Crippen MR) is 80.7 cm³/mol. The fourth-order valence-corrected chi connectivity index (χ4v) is 2.42. The molecular formula is C15H21ClN2O. The first-order valence-electron chi connectivity index (χ1n) is 6.62. The van der Waals surface area contributed by atoms with E-state index in [2.05, 4.69) is 30.2 Å². The van der Waals surface area contributed by atoms with Crippen LogP contribution >= 0.6 is 11.6 Å². The van der Waals surface area contributed by atoms with Crippen molar-refractivity contribution >= 4 is 22.5 Å². The standard InChI is InChI=1S/C15H21ClN2O/c1-4-19-15(2,3)10-17-8-11-9-18-14-7-12(16)5-6-13(11)14/h5-7,9,17-18H,4,8,10H2,1-3H3. The van der Waals surface area contributed by atoms with Crippen molar-refractivity contribution in [1.29, 1.82) is 0 Å². The van der Waals surface area contributed by atoms with Crippen molar-refractivity contribution in [2.45, 2.75) is 32.9 Å². The summed E-state index contributed by atoms with van der Waals surface area (Å²) in [7, 11) is 0. The highest BCUT2D eigenvalue weighted by atomic mass is 35.5. The number of ether oxygens (including phenoxy) is 1. The molecular weight excluding hydrogens is 260 g/mol. The van der Waals surface area contributed by atoms with Gasteiger partial charge in [-0.05, 0) is 38.5 Å². The summed E-state index contributed by atoms with van der Waals surface area (Å²) < 4.78 is 5.66. The van der Waals surface area contributed by atoms with Crippen molar-refractivity contribution in [3.8, 4) is 0 Å². The third-order valence-corrected chi connectivity index (χ3v) is 3.37. The van der Waals surface area contributed by atoms with Crippen LogP contribution in [0.1, 0.15) is 26.3 Å². The average molecular weight is 281 g/mol. The number of hydrogen-bond donors (Lipinski definition) is 2. The van der Waals surface area contributed by atoms with Crippen molar-refractivity contribution in [2.75, 3.05) is 13.2 Å². The number of aromatic amines is 1. The van der Waals surface area contributed by atoms with Gasteiger partial charge in [0.2, 0.25) is 0 Å². The minimum absolute atomic E-state index is 0.135. The van der Waals surface area contributed by atoms with Crippen molar-refractivity contribution in [2.24, 2.45) is 0 Å². The summed E-state index contributed by atoms with van der Waals surface area (Å²) in [6.45, 7) is 8.58. The molecule has 19 heavy (non-hydrogen) atoms. The summed E-state index contributed by atoms with van der Waals surface area (Å²) >= 11 is 5.97. The fraction of sp³-hybridized carbons (Fsp3) is 0.467. The first-order chi connectivity index (χ1) is 9.02. The predicted octanol–water partition coefficient (Wildman–Crippen LogP) is 3.73. The van der Waals surface area contributed by atoms with E-state index in [1.165, 1.54) is 10.9 Å². The molecule has 3 nitrogen and oxygen atoms in total. The zero-order valence-electron chi connectivity index (χ0n) is 11.7. The fourth-order valence-electron chi connectivity index (χ4n) is 2.24. The summed E-state index contributed by atoms with van der Waals surface area (Å²) in [5.41, 5.74) is 2.19. The lowest BCUT2D eigenvalue weighted by Crippen LogP contribution is -2.37. The Morgan fingerprint density at radius 2 is 2.16 bits per heavy atom. The molecule has 0 saturated heterocycles. The largest absolute Gasteiger partial charge is 0.375 e. The van der Waals surface area contributed by atoms with E-state index in [9.17, 15) is 0 Å². The normalized spacial score (nSPS) is 12.2. The lowest BCUT2D eigenvalue weighted by atomic mass is 10.1. The number of nitrogens with one attached hydrogen (secondary N) is 2. The molecule has 0 aliphatic carbocycles. The van der Waals surface area contributed by atoms with Crippen LogP contribution in [0.3, 0.4) is 0 Å². The Morgan fingerprint density at radius 3 is 2.89 bits per heavy atom. The van der Waals surface area contributed by atoms with Crippen LogP contribution < -0.4 is 5.32 Å². The summed E-state index contributed by atoms with van der Waals surface area (Å²) in [5.74, 6) is 0. The molecule has 0 atom stereocenters. The van der Waals surface area contributed by atoms with Gasteiger partial charge in [-0.15, -0.1) is 0 Å². The van der Waals surface area contributed by atoms with Crippen LogP contribution in [0.15, 0.2) is 24.4 Å². The molecule has 104 valence electrons. The van der Waals surface area contributed by atoms with Crippen LogP contribution in [0.5, 0.6) is 0 Å². The number of fused-ring (bicyclic) bond motifs is 1. The molecule has 0 fully saturated rings. The monoisotopic (exact) mass is 280 g/mol. The van der Waals surface area contributed by atoms with Gasteiger partial charge >= 0.3 is 0 Å². The molecule has 0 radical (unpaired) electrons. The topological polar surface area (TPSA) is 37.0 Å². The lowest BCUT2D eigenvalue weighted by Gasteiger charge is -2.24. The zero-order chi connectivity index (χ0) is 13.9. The third kappa shape index (κ3) is 3.72. The smallest absolute Gasteiger partial charge is 0.0750 e. The molecule has 0 saturated carbocycles.